The van der Waals surface area contributed by atoms with Crippen LogP contribution in [0, 0.1) is 17.1 Å². The van der Waals surface area contributed by atoms with E-state index in [9.17, 15) is 4.39 Å². The molecule has 4 rings (SSSR count). The molecule has 0 aromatic heterocycles. The number of hydrazine groups is 1. The number of rotatable bonds is 3. The maximum atomic E-state index is 13.4. The van der Waals surface area contributed by atoms with Crippen LogP contribution in [0.5, 0.6) is 0 Å². The van der Waals surface area contributed by atoms with Crippen LogP contribution in [0.4, 0.5) is 15.8 Å². The Morgan fingerprint density at radius 3 is 2.56 bits per heavy atom. The van der Waals surface area contributed by atoms with Gasteiger partial charge in [0.1, 0.15) is 12.2 Å². The van der Waals surface area contributed by atoms with E-state index in [0.717, 1.165) is 22.4 Å². The molecule has 0 unspecified atom stereocenters. The summed E-state index contributed by atoms with van der Waals surface area (Å²) < 4.78 is 13.4. The number of benzene rings is 3. The van der Waals surface area contributed by atoms with Crippen LogP contribution in [0.1, 0.15) is 11.1 Å². The second-order valence-electron chi connectivity index (χ2n) is 6.10. The fraction of sp³-hybridized carbons (Fsp3) is 0.0476. The second kappa shape index (κ2) is 7.10. The van der Waals surface area contributed by atoms with Crippen LogP contribution < -0.4 is 10.4 Å². The summed E-state index contributed by atoms with van der Waals surface area (Å²) in [5.74, 6) is -0.456. The van der Waals surface area contributed by atoms with Gasteiger partial charge in [-0.05, 0) is 59.2 Å². The van der Waals surface area contributed by atoms with Crippen molar-refractivity contribution in [1.29, 1.82) is 5.26 Å². The maximum absolute atomic E-state index is 13.4. The molecule has 0 aliphatic carbocycles. The first-order chi connectivity index (χ1) is 13.1. The Kier molecular flexibility index (Phi) is 4.49. The van der Waals surface area contributed by atoms with E-state index >= 15 is 0 Å². The van der Waals surface area contributed by atoms with Crippen molar-refractivity contribution >= 4 is 29.3 Å². The highest BCUT2D eigenvalue weighted by molar-refractivity contribution is 6.31. The molecule has 132 valence electrons. The first-order valence-corrected chi connectivity index (χ1v) is 8.66. The number of nitrogens with zero attached hydrogens (tertiary/aromatic N) is 3. The molecular formula is C21H14ClFN4. The number of hydrogen-bond acceptors (Lipinski definition) is 4. The van der Waals surface area contributed by atoms with Gasteiger partial charge in [-0.1, -0.05) is 29.8 Å². The molecule has 1 aliphatic heterocycles. The van der Waals surface area contributed by atoms with Gasteiger partial charge in [0.25, 0.3) is 0 Å². The van der Waals surface area contributed by atoms with Crippen LogP contribution in [-0.2, 0) is 6.54 Å². The van der Waals surface area contributed by atoms with E-state index in [0.29, 0.717) is 17.8 Å². The summed E-state index contributed by atoms with van der Waals surface area (Å²) in [5, 5.41) is 10.8. The standard InChI is InChI=1S/C21H14ClFN4/c22-19-10-18(6-7-20(19)23)26-27-13-25-12-17-9-16(5-8-21(17)27)15-3-1-14(11-24)2-4-15/h1-10,13,26H,12H2. The molecule has 0 bridgehead atoms. The third kappa shape index (κ3) is 3.48. The van der Waals surface area contributed by atoms with Crippen molar-refractivity contribution in [3.8, 4) is 17.2 Å². The lowest BCUT2D eigenvalue weighted by Gasteiger charge is -2.27. The average molecular weight is 377 g/mol. The van der Waals surface area contributed by atoms with E-state index < -0.39 is 5.82 Å². The van der Waals surface area contributed by atoms with Gasteiger partial charge >= 0.3 is 0 Å². The van der Waals surface area contributed by atoms with Gasteiger partial charge in [0.15, 0.2) is 0 Å². The SMILES string of the molecule is N#Cc1ccc(-c2ccc3c(c2)CN=CN3Nc2ccc(F)c(Cl)c2)cc1. The zero-order valence-electron chi connectivity index (χ0n) is 14.2. The van der Waals surface area contributed by atoms with Gasteiger partial charge in [-0.25, -0.2) is 9.40 Å². The van der Waals surface area contributed by atoms with Crippen LogP contribution in [-0.4, -0.2) is 6.34 Å². The van der Waals surface area contributed by atoms with Crippen LogP contribution in [0.25, 0.3) is 11.1 Å². The number of aliphatic imine (C=N–C) groups is 1. The van der Waals surface area contributed by atoms with Crippen molar-refractivity contribution in [3.05, 3.63) is 82.6 Å². The predicted molar refractivity (Wildman–Crippen MR) is 106 cm³/mol. The predicted octanol–water partition coefficient (Wildman–Crippen LogP) is 5.39. The second-order valence-corrected chi connectivity index (χ2v) is 6.51. The Balaban J connectivity index is 1.62. The van der Waals surface area contributed by atoms with Gasteiger partial charge in [0, 0.05) is 0 Å². The molecule has 0 amide bonds. The number of anilines is 2. The van der Waals surface area contributed by atoms with Crippen molar-refractivity contribution in [1.82, 2.24) is 0 Å². The number of nitriles is 1. The molecule has 27 heavy (non-hydrogen) atoms. The van der Waals surface area contributed by atoms with E-state index in [-0.39, 0.29) is 5.02 Å². The number of fused-ring (bicyclic) bond motifs is 1. The summed E-state index contributed by atoms with van der Waals surface area (Å²) >= 11 is 5.85. The minimum atomic E-state index is -0.456. The highest BCUT2D eigenvalue weighted by Crippen LogP contribution is 2.30. The topological polar surface area (TPSA) is 51.4 Å². The van der Waals surface area contributed by atoms with Crippen LogP contribution in [0.2, 0.25) is 5.02 Å². The molecule has 3 aromatic carbocycles. The molecule has 1 aliphatic rings. The lowest BCUT2D eigenvalue weighted by Crippen LogP contribution is -2.31. The Hall–Kier alpha value is -3.36. The fourth-order valence-electron chi connectivity index (χ4n) is 2.94. The highest BCUT2D eigenvalue weighted by Gasteiger charge is 2.15. The molecule has 1 N–H and O–H groups in total. The molecule has 0 saturated carbocycles. The van der Waals surface area contributed by atoms with Gasteiger partial charge in [-0.2, -0.15) is 5.26 Å². The third-order valence-electron chi connectivity index (χ3n) is 4.31. The largest absolute Gasteiger partial charge is 0.293 e. The average Bonchev–Trinajstić information content (AvgIpc) is 2.71. The summed E-state index contributed by atoms with van der Waals surface area (Å²) in [5.41, 5.74) is 8.58. The van der Waals surface area contributed by atoms with Gasteiger partial charge in [-0.15, -0.1) is 0 Å². The van der Waals surface area contributed by atoms with E-state index in [4.69, 9.17) is 16.9 Å². The lowest BCUT2D eigenvalue weighted by molar-refractivity contribution is 0.628. The molecule has 4 nitrogen and oxygen atoms in total. The molecule has 0 atom stereocenters. The van der Waals surface area contributed by atoms with Crippen LogP contribution >= 0.6 is 11.6 Å². The van der Waals surface area contributed by atoms with Gasteiger partial charge in [-0.3, -0.25) is 10.4 Å². The highest BCUT2D eigenvalue weighted by atomic mass is 35.5. The van der Waals surface area contributed by atoms with Crippen molar-refractivity contribution in [2.24, 2.45) is 4.99 Å². The van der Waals surface area contributed by atoms with Crippen molar-refractivity contribution < 1.29 is 4.39 Å². The molecule has 3 aromatic rings. The molecule has 0 radical (unpaired) electrons. The molecule has 0 spiro atoms. The van der Waals surface area contributed by atoms with Crippen LogP contribution in [0.15, 0.2) is 65.7 Å². The van der Waals surface area contributed by atoms with E-state index in [1.807, 2.05) is 24.3 Å². The molecule has 6 heteroatoms. The van der Waals surface area contributed by atoms with Crippen molar-refractivity contribution in [2.75, 3.05) is 10.4 Å². The number of halogens is 2. The molecule has 0 saturated heterocycles. The summed E-state index contributed by atoms with van der Waals surface area (Å²) in [4.78, 5) is 4.39. The van der Waals surface area contributed by atoms with E-state index in [2.05, 4.69) is 22.6 Å². The van der Waals surface area contributed by atoms with Gasteiger partial charge in [0.05, 0.1) is 34.6 Å². The Labute approximate surface area is 161 Å². The maximum Gasteiger partial charge on any atom is 0.141 e. The van der Waals surface area contributed by atoms with Gasteiger partial charge < -0.3 is 0 Å². The molecular weight excluding hydrogens is 363 g/mol. The summed E-state index contributed by atoms with van der Waals surface area (Å²) in [7, 11) is 0. The van der Waals surface area contributed by atoms with Crippen molar-refractivity contribution in [2.45, 2.75) is 6.54 Å². The zero-order valence-corrected chi connectivity index (χ0v) is 14.9. The quantitative estimate of drug-likeness (QED) is 0.666. The first-order valence-electron chi connectivity index (χ1n) is 8.28. The van der Waals surface area contributed by atoms with Crippen LogP contribution in [0.3, 0.4) is 0 Å². The normalized spacial score (nSPS) is 12.4. The summed E-state index contributed by atoms with van der Waals surface area (Å²) in [6.45, 7) is 0.571. The lowest BCUT2D eigenvalue weighted by atomic mass is 10.0. The third-order valence-corrected chi connectivity index (χ3v) is 4.60. The molecule has 0 fully saturated rings. The molecule has 1 heterocycles. The minimum absolute atomic E-state index is 0.0605. The van der Waals surface area contributed by atoms with E-state index in [1.165, 1.54) is 12.1 Å². The Bertz CT molecular complexity index is 1070. The fourth-order valence-corrected chi connectivity index (χ4v) is 3.12. The van der Waals surface area contributed by atoms with Crippen molar-refractivity contribution in [3.63, 3.8) is 0 Å². The summed E-state index contributed by atoms with van der Waals surface area (Å²) in [6.07, 6.45) is 1.70. The van der Waals surface area contributed by atoms with E-state index in [1.54, 1.807) is 29.5 Å². The minimum Gasteiger partial charge on any atom is -0.293 e. The first kappa shape index (κ1) is 17.1. The Morgan fingerprint density at radius 2 is 1.81 bits per heavy atom. The number of nitrogens with one attached hydrogen (secondary N) is 1. The Morgan fingerprint density at radius 1 is 1.04 bits per heavy atom. The van der Waals surface area contributed by atoms with Gasteiger partial charge in [0.2, 0.25) is 0 Å². The zero-order chi connectivity index (χ0) is 18.8. The smallest absolute Gasteiger partial charge is 0.141 e. The summed E-state index contributed by atoms with van der Waals surface area (Å²) in [6, 6.07) is 20.2. The monoisotopic (exact) mass is 376 g/mol. The number of hydrogen-bond donors (Lipinski definition) is 1.